The molecular weight excluding hydrogens is 441 g/mol. The van der Waals surface area contributed by atoms with Gasteiger partial charge in [0.2, 0.25) is 11.5 Å². The highest BCUT2D eigenvalue weighted by Gasteiger charge is 2.54. The number of aliphatic carboxylic acids is 1. The Labute approximate surface area is 191 Å². The summed E-state index contributed by atoms with van der Waals surface area (Å²) in [7, 11) is 0. The number of hydrogen-bond donors (Lipinski definition) is 1. The summed E-state index contributed by atoms with van der Waals surface area (Å²) in [6.45, 7) is 4.45. The van der Waals surface area contributed by atoms with E-state index in [9.17, 15) is 9.90 Å². The summed E-state index contributed by atoms with van der Waals surface area (Å²) in [5.41, 5.74) is -0.510. The van der Waals surface area contributed by atoms with Crippen molar-refractivity contribution in [2.75, 3.05) is 24.6 Å². The number of nitrogens with zero attached hydrogens (tertiary/aromatic N) is 3. The average Bonchev–Trinajstić information content (AvgIpc) is 3.55. The standard InChI is InChI=1S/C22H25Cl2N3O4/c1-2-11-30-15-5-9-27(10-6-15)18-13-19(31-22(7-8-22)21(28)29)26-20(25-18)14-3-4-16(23)17(24)12-14/h3-4,12-13,15H,2,5-11H2,1H3,(H,28,29). The van der Waals surface area contributed by atoms with Gasteiger partial charge >= 0.3 is 5.97 Å². The van der Waals surface area contributed by atoms with Crippen LogP contribution in [-0.4, -0.2) is 52.4 Å². The highest BCUT2D eigenvalue weighted by Crippen LogP contribution is 2.41. The number of carbonyl (C=O) groups is 1. The van der Waals surface area contributed by atoms with E-state index in [0.29, 0.717) is 40.1 Å². The van der Waals surface area contributed by atoms with E-state index in [4.69, 9.17) is 37.7 Å². The minimum absolute atomic E-state index is 0.246. The molecule has 166 valence electrons. The number of carboxylic acid groups (broad SMARTS) is 1. The molecule has 0 atom stereocenters. The fourth-order valence-corrected chi connectivity index (χ4v) is 3.90. The van der Waals surface area contributed by atoms with Gasteiger partial charge in [0.1, 0.15) is 5.82 Å². The van der Waals surface area contributed by atoms with Crippen LogP contribution in [0, 0.1) is 0 Å². The number of halogens is 2. The molecule has 9 heteroatoms. The van der Waals surface area contributed by atoms with E-state index in [1.807, 2.05) is 0 Å². The first-order valence-corrected chi connectivity index (χ1v) is 11.3. The van der Waals surface area contributed by atoms with Gasteiger partial charge < -0.3 is 19.5 Å². The van der Waals surface area contributed by atoms with E-state index < -0.39 is 11.6 Å². The van der Waals surface area contributed by atoms with Crippen molar-refractivity contribution in [1.29, 1.82) is 0 Å². The van der Waals surface area contributed by atoms with Crippen LogP contribution >= 0.6 is 23.2 Å². The highest BCUT2D eigenvalue weighted by atomic mass is 35.5. The molecule has 1 aromatic heterocycles. The van der Waals surface area contributed by atoms with Gasteiger partial charge in [-0.1, -0.05) is 30.1 Å². The van der Waals surface area contributed by atoms with Crippen molar-refractivity contribution in [2.24, 2.45) is 0 Å². The number of aromatic nitrogens is 2. The van der Waals surface area contributed by atoms with Crippen LogP contribution in [0.1, 0.15) is 39.0 Å². The molecule has 0 amide bonds. The lowest BCUT2D eigenvalue weighted by atomic mass is 10.1. The molecule has 1 aliphatic carbocycles. The molecule has 31 heavy (non-hydrogen) atoms. The first kappa shape index (κ1) is 22.1. The first-order valence-electron chi connectivity index (χ1n) is 10.5. The van der Waals surface area contributed by atoms with E-state index in [1.165, 1.54) is 0 Å². The third-order valence-electron chi connectivity index (χ3n) is 5.58. The zero-order valence-corrected chi connectivity index (χ0v) is 18.8. The average molecular weight is 466 g/mol. The molecule has 0 bridgehead atoms. The third-order valence-corrected chi connectivity index (χ3v) is 6.32. The van der Waals surface area contributed by atoms with Crippen molar-refractivity contribution in [3.8, 4) is 17.3 Å². The number of hydrogen-bond acceptors (Lipinski definition) is 6. The number of benzene rings is 1. The second-order valence-electron chi connectivity index (χ2n) is 7.98. The molecule has 2 aromatic rings. The second kappa shape index (κ2) is 9.18. The molecule has 1 aromatic carbocycles. The summed E-state index contributed by atoms with van der Waals surface area (Å²) in [4.78, 5) is 23.0. The lowest BCUT2D eigenvalue weighted by Gasteiger charge is -2.33. The Morgan fingerprint density at radius 2 is 1.94 bits per heavy atom. The maximum Gasteiger partial charge on any atom is 0.348 e. The van der Waals surface area contributed by atoms with E-state index in [1.54, 1.807) is 24.3 Å². The van der Waals surface area contributed by atoms with Crippen LogP contribution in [0.4, 0.5) is 5.82 Å². The van der Waals surface area contributed by atoms with Gasteiger partial charge in [0.15, 0.2) is 5.82 Å². The number of carboxylic acids is 1. The van der Waals surface area contributed by atoms with Crippen LogP contribution in [-0.2, 0) is 9.53 Å². The minimum Gasteiger partial charge on any atom is -0.478 e. The minimum atomic E-state index is -1.19. The summed E-state index contributed by atoms with van der Waals surface area (Å²) in [5, 5.41) is 10.3. The molecule has 2 heterocycles. The lowest BCUT2D eigenvalue weighted by molar-refractivity contribution is -0.147. The maximum absolute atomic E-state index is 11.6. The summed E-state index contributed by atoms with van der Waals surface area (Å²) >= 11 is 12.2. The van der Waals surface area contributed by atoms with Gasteiger partial charge in [-0.3, -0.25) is 0 Å². The van der Waals surface area contributed by atoms with Crippen LogP contribution in [0.25, 0.3) is 11.4 Å². The van der Waals surface area contributed by atoms with E-state index in [-0.39, 0.29) is 12.0 Å². The van der Waals surface area contributed by atoms with Gasteiger partial charge in [-0.05, 0) is 37.5 Å². The predicted molar refractivity (Wildman–Crippen MR) is 119 cm³/mol. The molecule has 1 N–H and O–H groups in total. The molecule has 1 saturated heterocycles. The fourth-order valence-electron chi connectivity index (χ4n) is 3.60. The predicted octanol–water partition coefficient (Wildman–Crippen LogP) is 4.84. The van der Waals surface area contributed by atoms with Crippen molar-refractivity contribution in [2.45, 2.75) is 50.7 Å². The summed E-state index contributed by atoms with van der Waals surface area (Å²) in [5.74, 6) is 0.380. The van der Waals surface area contributed by atoms with Gasteiger partial charge in [0.05, 0.1) is 16.1 Å². The Kier molecular flexibility index (Phi) is 6.55. The Morgan fingerprint density at radius 1 is 1.19 bits per heavy atom. The monoisotopic (exact) mass is 465 g/mol. The van der Waals surface area contributed by atoms with Crippen molar-refractivity contribution in [3.63, 3.8) is 0 Å². The zero-order chi connectivity index (χ0) is 22.0. The molecule has 2 aliphatic rings. The topological polar surface area (TPSA) is 84.8 Å². The van der Waals surface area contributed by atoms with Gasteiger partial charge in [-0.25, -0.2) is 9.78 Å². The van der Waals surface area contributed by atoms with Crippen LogP contribution in [0.3, 0.4) is 0 Å². The van der Waals surface area contributed by atoms with Gasteiger partial charge in [0, 0.05) is 44.2 Å². The maximum atomic E-state index is 11.6. The van der Waals surface area contributed by atoms with E-state index >= 15 is 0 Å². The van der Waals surface area contributed by atoms with Gasteiger partial charge in [-0.2, -0.15) is 4.98 Å². The highest BCUT2D eigenvalue weighted by molar-refractivity contribution is 6.42. The number of ether oxygens (including phenoxy) is 2. The molecule has 0 unspecified atom stereocenters. The largest absolute Gasteiger partial charge is 0.478 e. The Bertz CT molecular complexity index is 960. The number of anilines is 1. The van der Waals surface area contributed by atoms with Crippen LogP contribution < -0.4 is 9.64 Å². The molecule has 2 fully saturated rings. The normalized spacial score (nSPS) is 18.1. The van der Waals surface area contributed by atoms with Crippen LogP contribution in [0.5, 0.6) is 5.88 Å². The van der Waals surface area contributed by atoms with Gasteiger partial charge in [-0.15, -0.1) is 0 Å². The quantitative estimate of drug-likeness (QED) is 0.596. The number of rotatable bonds is 8. The second-order valence-corrected chi connectivity index (χ2v) is 8.79. The first-order chi connectivity index (χ1) is 14.9. The smallest absolute Gasteiger partial charge is 0.348 e. The summed E-state index contributed by atoms with van der Waals surface area (Å²) in [6.07, 6.45) is 3.99. The molecule has 0 spiro atoms. The Hall–Kier alpha value is -2.09. The molecule has 1 aliphatic heterocycles. The fraction of sp³-hybridized carbons (Fsp3) is 0.500. The Morgan fingerprint density at radius 3 is 2.55 bits per heavy atom. The molecule has 0 radical (unpaired) electrons. The zero-order valence-electron chi connectivity index (χ0n) is 17.3. The van der Waals surface area contributed by atoms with E-state index in [0.717, 1.165) is 39.0 Å². The van der Waals surface area contributed by atoms with Gasteiger partial charge in [0.25, 0.3) is 0 Å². The Balaban J connectivity index is 1.62. The lowest BCUT2D eigenvalue weighted by Crippen LogP contribution is -2.38. The summed E-state index contributed by atoms with van der Waals surface area (Å²) in [6, 6.07) is 6.89. The molecule has 7 nitrogen and oxygen atoms in total. The molecular formula is C22H25Cl2N3O4. The molecule has 1 saturated carbocycles. The SMILES string of the molecule is CCCOC1CCN(c2cc(OC3(C(=O)O)CC3)nc(-c3ccc(Cl)c(Cl)c3)n2)CC1. The summed E-state index contributed by atoms with van der Waals surface area (Å²) < 4.78 is 11.7. The van der Waals surface area contributed by atoms with Crippen molar-refractivity contribution < 1.29 is 19.4 Å². The van der Waals surface area contributed by atoms with Crippen molar-refractivity contribution in [3.05, 3.63) is 34.3 Å². The van der Waals surface area contributed by atoms with Crippen molar-refractivity contribution in [1.82, 2.24) is 9.97 Å². The van der Waals surface area contributed by atoms with Crippen molar-refractivity contribution >= 4 is 35.0 Å². The third kappa shape index (κ3) is 5.05. The van der Waals surface area contributed by atoms with Crippen LogP contribution in [0.15, 0.2) is 24.3 Å². The molecule has 4 rings (SSSR count). The van der Waals surface area contributed by atoms with E-state index in [2.05, 4.69) is 16.8 Å². The number of piperidine rings is 1. The van der Waals surface area contributed by atoms with Crippen LogP contribution in [0.2, 0.25) is 10.0 Å².